The van der Waals surface area contributed by atoms with Gasteiger partial charge in [0, 0.05) is 17.6 Å². The summed E-state index contributed by atoms with van der Waals surface area (Å²) in [4.78, 5) is 15.3. The fourth-order valence-electron chi connectivity index (χ4n) is 2.52. The summed E-state index contributed by atoms with van der Waals surface area (Å²) >= 11 is 3.55. The quantitative estimate of drug-likeness (QED) is 0.559. The molecule has 1 aromatic heterocycles. The Morgan fingerprint density at radius 2 is 1.92 bits per heavy atom. The van der Waals surface area contributed by atoms with Crippen LogP contribution in [-0.4, -0.2) is 16.7 Å². The molecule has 0 saturated carbocycles. The van der Waals surface area contributed by atoms with Crippen molar-refractivity contribution >= 4 is 38.6 Å². The second kappa shape index (κ2) is 7.41. The molecule has 0 spiro atoms. The number of halogens is 1. The van der Waals surface area contributed by atoms with Gasteiger partial charge in [-0.25, -0.2) is 4.79 Å². The maximum atomic E-state index is 12.1. The fraction of sp³-hybridized carbons (Fsp3) is 0.250. The number of H-pyrrole nitrogens is 1. The van der Waals surface area contributed by atoms with E-state index < -0.39 is 11.7 Å². The van der Waals surface area contributed by atoms with Gasteiger partial charge >= 0.3 is 6.09 Å². The highest BCUT2D eigenvalue weighted by Crippen LogP contribution is 2.38. The zero-order chi connectivity index (χ0) is 18.7. The number of carbonyl (C=O) groups is 1. The molecular weight excluding hydrogens is 396 g/mol. The highest BCUT2D eigenvalue weighted by atomic mass is 79.9. The van der Waals surface area contributed by atoms with Crippen molar-refractivity contribution in [2.24, 2.45) is 0 Å². The van der Waals surface area contributed by atoms with E-state index in [9.17, 15) is 4.79 Å². The molecule has 6 heteroatoms. The lowest BCUT2D eigenvalue weighted by Gasteiger charge is -2.20. The van der Waals surface area contributed by atoms with Gasteiger partial charge in [0.15, 0.2) is 0 Å². The molecule has 136 valence electrons. The van der Waals surface area contributed by atoms with Crippen molar-refractivity contribution < 1.29 is 14.3 Å². The van der Waals surface area contributed by atoms with Crippen LogP contribution in [0.3, 0.4) is 0 Å². The number of anilines is 1. The summed E-state index contributed by atoms with van der Waals surface area (Å²) in [5.41, 5.74) is 1.95. The number of carbonyl (C=O) groups excluding carboxylic acids is 1. The summed E-state index contributed by atoms with van der Waals surface area (Å²) in [5, 5.41) is 3.70. The van der Waals surface area contributed by atoms with E-state index in [4.69, 9.17) is 9.47 Å². The maximum Gasteiger partial charge on any atom is 0.412 e. The minimum Gasteiger partial charge on any atom is -0.487 e. The van der Waals surface area contributed by atoms with E-state index in [0.717, 1.165) is 20.9 Å². The van der Waals surface area contributed by atoms with Crippen LogP contribution in [0.4, 0.5) is 10.5 Å². The topological polar surface area (TPSA) is 63.4 Å². The lowest BCUT2D eigenvalue weighted by molar-refractivity contribution is 0.0636. The third kappa shape index (κ3) is 4.38. The van der Waals surface area contributed by atoms with Crippen LogP contribution in [0.2, 0.25) is 0 Å². The van der Waals surface area contributed by atoms with E-state index in [1.54, 1.807) is 6.07 Å². The van der Waals surface area contributed by atoms with Gasteiger partial charge in [-0.3, -0.25) is 5.32 Å². The Morgan fingerprint density at radius 1 is 1.19 bits per heavy atom. The molecule has 26 heavy (non-hydrogen) atoms. The van der Waals surface area contributed by atoms with Gasteiger partial charge < -0.3 is 14.5 Å². The molecule has 3 rings (SSSR count). The lowest BCUT2D eigenvalue weighted by atomic mass is 10.2. The first-order valence-corrected chi connectivity index (χ1v) is 9.09. The second-order valence-electron chi connectivity index (χ2n) is 6.90. The highest BCUT2D eigenvalue weighted by molar-refractivity contribution is 9.10. The van der Waals surface area contributed by atoms with Crippen LogP contribution in [-0.2, 0) is 11.3 Å². The van der Waals surface area contributed by atoms with Crippen LogP contribution in [0.5, 0.6) is 5.75 Å². The number of ether oxygens (including phenoxy) is 2. The largest absolute Gasteiger partial charge is 0.487 e. The highest BCUT2D eigenvalue weighted by Gasteiger charge is 2.19. The summed E-state index contributed by atoms with van der Waals surface area (Å²) in [6.07, 6.45) is 1.32. The third-order valence-corrected chi connectivity index (χ3v) is 4.47. The Labute approximate surface area is 160 Å². The Bertz CT molecular complexity index is 914. The molecule has 3 aromatic rings. The number of aromatic nitrogens is 1. The van der Waals surface area contributed by atoms with Gasteiger partial charge in [-0.1, -0.05) is 30.3 Å². The van der Waals surface area contributed by atoms with Crippen molar-refractivity contribution in [3.05, 3.63) is 58.7 Å². The summed E-state index contributed by atoms with van der Waals surface area (Å²) in [7, 11) is 0. The van der Waals surface area contributed by atoms with Crippen LogP contribution in [0.15, 0.2) is 53.1 Å². The average Bonchev–Trinajstić information content (AvgIpc) is 3.06. The standard InChI is InChI=1S/C20H21BrN2O3/c1-20(2,3)26-19(24)23-15-11-16(18-14(17(15)21)9-10-22-18)25-12-13-7-5-4-6-8-13/h4-11,22H,12H2,1-3H3,(H,23,24). The van der Waals surface area contributed by atoms with Gasteiger partial charge in [0.2, 0.25) is 0 Å². The van der Waals surface area contributed by atoms with Crippen LogP contribution in [0, 0.1) is 0 Å². The molecule has 5 nitrogen and oxygen atoms in total. The molecular formula is C20H21BrN2O3. The SMILES string of the molecule is CC(C)(C)OC(=O)Nc1cc(OCc2ccccc2)c2[nH]ccc2c1Br. The third-order valence-electron chi connectivity index (χ3n) is 3.61. The zero-order valence-electron chi connectivity index (χ0n) is 14.9. The molecule has 0 atom stereocenters. The van der Waals surface area contributed by atoms with E-state index in [1.165, 1.54) is 0 Å². The number of aromatic amines is 1. The van der Waals surface area contributed by atoms with Crippen molar-refractivity contribution in [3.8, 4) is 5.75 Å². The molecule has 0 aliphatic heterocycles. The van der Waals surface area contributed by atoms with Crippen LogP contribution >= 0.6 is 15.9 Å². The second-order valence-corrected chi connectivity index (χ2v) is 7.70. The van der Waals surface area contributed by atoms with Gasteiger partial charge in [0.1, 0.15) is 18.0 Å². The molecule has 0 aliphatic rings. The monoisotopic (exact) mass is 416 g/mol. The normalized spacial score (nSPS) is 11.4. The minimum absolute atomic E-state index is 0.433. The number of rotatable bonds is 4. The molecule has 0 fully saturated rings. The first kappa shape index (κ1) is 18.3. The Hall–Kier alpha value is -2.47. The van der Waals surface area contributed by atoms with Gasteiger partial charge in [0.25, 0.3) is 0 Å². The predicted octanol–water partition coefficient (Wildman–Crippen LogP) is 5.86. The average molecular weight is 417 g/mol. The molecule has 2 aromatic carbocycles. The first-order chi connectivity index (χ1) is 12.3. The van der Waals surface area contributed by atoms with Gasteiger partial charge in [-0.2, -0.15) is 0 Å². The zero-order valence-corrected chi connectivity index (χ0v) is 16.5. The number of hydrogen-bond acceptors (Lipinski definition) is 3. The molecule has 0 bridgehead atoms. The molecule has 0 aliphatic carbocycles. The van der Waals surface area contributed by atoms with Crippen LogP contribution < -0.4 is 10.1 Å². The first-order valence-electron chi connectivity index (χ1n) is 8.30. The number of benzene rings is 2. The number of nitrogens with one attached hydrogen (secondary N) is 2. The van der Waals surface area contributed by atoms with E-state index >= 15 is 0 Å². The van der Waals surface area contributed by atoms with Gasteiger partial charge in [-0.15, -0.1) is 0 Å². The number of fused-ring (bicyclic) bond motifs is 1. The minimum atomic E-state index is -0.568. The lowest BCUT2D eigenvalue weighted by Crippen LogP contribution is -2.27. The van der Waals surface area contributed by atoms with E-state index in [2.05, 4.69) is 26.2 Å². The summed E-state index contributed by atoms with van der Waals surface area (Å²) in [6.45, 7) is 5.91. The van der Waals surface area contributed by atoms with E-state index in [0.29, 0.717) is 18.0 Å². The summed E-state index contributed by atoms with van der Waals surface area (Å²) in [5.74, 6) is 0.656. The van der Waals surface area contributed by atoms with Gasteiger partial charge in [0.05, 0.1) is 15.7 Å². The number of amides is 1. The maximum absolute atomic E-state index is 12.1. The van der Waals surface area contributed by atoms with Crippen molar-refractivity contribution in [3.63, 3.8) is 0 Å². The van der Waals surface area contributed by atoms with E-state index in [-0.39, 0.29) is 0 Å². The van der Waals surface area contributed by atoms with Crippen LogP contribution in [0.1, 0.15) is 26.3 Å². The van der Waals surface area contributed by atoms with Crippen molar-refractivity contribution in [1.82, 2.24) is 4.98 Å². The Balaban J connectivity index is 1.87. The smallest absolute Gasteiger partial charge is 0.412 e. The Kier molecular flexibility index (Phi) is 5.23. The van der Waals surface area contributed by atoms with Gasteiger partial charge in [-0.05, 0) is 48.3 Å². The summed E-state index contributed by atoms with van der Waals surface area (Å²) in [6, 6.07) is 13.6. The number of hydrogen-bond donors (Lipinski definition) is 2. The fourth-order valence-corrected chi connectivity index (χ4v) is 3.07. The predicted molar refractivity (Wildman–Crippen MR) is 107 cm³/mol. The van der Waals surface area contributed by atoms with Crippen molar-refractivity contribution in [2.75, 3.05) is 5.32 Å². The molecule has 1 amide bonds. The molecule has 0 radical (unpaired) electrons. The molecule has 1 heterocycles. The Morgan fingerprint density at radius 3 is 2.62 bits per heavy atom. The van der Waals surface area contributed by atoms with Crippen molar-refractivity contribution in [1.29, 1.82) is 0 Å². The molecule has 0 saturated heterocycles. The molecule has 2 N–H and O–H groups in total. The van der Waals surface area contributed by atoms with E-state index in [1.807, 2.05) is 63.4 Å². The van der Waals surface area contributed by atoms with Crippen molar-refractivity contribution in [2.45, 2.75) is 33.0 Å². The summed E-state index contributed by atoms with van der Waals surface area (Å²) < 4.78 is 12.1. The van der Waals surface area contributed by atoms with Crippen LogP contribution in [0.25, 0.3) is 10.9 Å². The molecule has 0 unspecified atom stereocenters.